The van der Waals surface area contributed by atoms with Gasteiger partial charge in [0.25, 0.3) is 0 Å². The number of nitrogens with two attached hydrogens (primary N) is 1. The van der Waals surface area contributed by atoms with Crippen LogP contribution in [0.5, 0.6) is 0 Å². The first-order valence-corrected chi connectivity index (χ1v) is 7.45. The fraction of sp³-hybridized carbons (Fsp3) is 0.353. The quantitative estimate of drug-likeness (QED) is 0.866. The Kier molecular flexibility index (Phi) is 3.32. The number of benzene rings is 1. The van der Waals surface area contributed by atoms with Crippen molar-refractivity contribution in [3.63, 3.8) is 0 Å². The number of aromatic nitrogens is 1. The van der Waals surface area contributed by atoms with Crippen LogP contribution in [0.25, 0.3) is 5.69 Å². The minimum absolute atomic E-state index is 0.0583. The summed E-state index contributed by atoms with van der Waals surface area (Å²) in [5.74, 6) is 0. The molecule has 1 aromatic heterocycles. The van der Waals surface area contributed by atoms with Crippen molar-refractivity contribution in [2.45, 2.75) is 32.7 Å². The molecule has 0 amide bonds. The van der Waals surface area contributed by atoms with Crippen LogP contribution in [-0.4, -0.2) is 4.57 Å². The van der Waals surface area contributed by atoms with Gasteiger partial charge in [-0.15, -0.1) is 0 Å². The van der Waals surface area contributed by atoms with Crippen molar-refractivity contribution < 1.29 is 0 Å². The summed E-state index contributed by atoms with van der Waals surface area (Å²) in [6.07, 6.45) is 3.94. The maximum atomic E-state index is 9.09. The predicted molar refractivity (Wildman–Crippen MR) is 84.5 cm³/mol. The summed E-state index contributed by atoms with van der Waals surface area (Å²) >= 11 is 6.33. The van der Waals surface area contributed by atoms with Crippen LogP contribution in [-0.2, 0) is 6.42 Å². The molecule has 1 aliphatic rings. The molecule has 21 heavy (non-hydrogen) atoms. The van der Waals surface area contributed by atoms with Gasteiger partial charge in [-0.25, -0.2) is 0 Å². The molecule has 1 unspecified atom stereocenters. The van der Waals surface area contributed by atoms with Crippen LogP contribution in [0, 0.1) is 16.7 Å². The summed E-state index contributed by atoms with van der Waals surface area (Å²) in [5.41, 5.74) is 10.3. The zero-order valence-corrected chi connectivity index (χ0v) is 13.0. The Labute approximate surface area is 129 Å². The third kappa shape index (κ3) is 2.46. The third-order valence-corrected chi connectivity index (χ3v) is 4.50. The summed E-state index contributed by atoms with van der Waals surface area (Å²) in [5, 5.41) is 9.73. The second kappa shape index (κ2) is 4.91. The lowest BCUT2D eigenvalue weighted by atomic mass is 9.74. The number of fused-ring (bicyclic) bond motifs is 1. The van der Waals surface area contributed by atoms with E-state index in [1.165, 1.54) is 11.3 Å². The summed E-state index contributed by atoms with van der Waals surface area (Å²) < 4.78 is 2.08. The van der Waals surface area contributed by atoms with Crippen LogP contribution in [0.15, 0.2) is 30.5 Å². The van der Waals surface area contributed by atoms with Gasteiger partial charge in [0.2, 0.25) is 0 Å². The molecule has 2 N–H and O–H groups in total. The second-order valence-electron chi connectivity index (χ2n) is 6.52. The number of nitrogens with zero attached hydrogens (tertiary/aromatic N) is 2. The van der Waals surface area contributed by atoms with E-state index in [1.54, 1.807) is 12.1 Å². The molecular formula is C17H18ClN3. The molecule has 1 aromatic carbocycles. The van der Waals surface area contributed by atoms with E-state index in [-0.39, 0.29) is 11.5 Å². The number of halogens is 1. The topological polar surface area (TPSA) is 54.7 Å². The largest absolute Gasteiger partial charge is 0.324 e. The van der Waals surface area contributed by atoms with Crippen molar-refractivity contribution in [1.82, 2.24) is 4.57 Å². The second-order valence-corrected chi connectivity index (χ2v) is 6.92. The molecule has 0 saturated carbocycles. The lowest BCUT2D eigenvalue weighted by molar-refractivity contribution is 0.278. The van der Waals surface area contributed by atoms with E-state index in [2.05, 4.69) is 30.6 Å². The highest BCUT2D eigenvalue weighted by Gasteiger charge is 2.32. The fourth-order valence-corrected chi connectivity index (χ4v) is 3.44. The van der Waals surface area contributed by atoms with Crippen LogP contribution in [0.3, 0.4) is 0 Å². The summed E-state index contributed by atoms with van der Waals surface area (Å²) in [4.78, 5) is 0. The highest BCUT2D eigenvalue weighted by atomic mass is 35.5. The molecule has 108 valence electrons. The maximum Gasteiger partial charge on any atom is 0.0992 e. The Morgan fingerprint density at radius 2 is 2.14 bits per heavy atom. The van der Waals surface area contributed by atoms with E-state index >= 15 is 0 Å². The van der Waals surface area contributed by atoms with Gasteiger partial charge < -0.3 is 10.3 Å². The van der Waals surface area contributed by atoms with E-state index in [1.807, 2.05) is 12.3 Å². The lowest BCUT2D eigenvalue weighted by Gasteiger charge is -2.34. The van der Waals surface area contributed by atoms with Crippen molar-refractivity contribution >= 4 is 11.6 Å². The van der Waals surface area contributed by atoms with Gasteiger partial charge in [0.1, 0.15) is 0 Å². The zero-order valence-electron chi connectivity index (χ0n) is 12.2. The van der Waals surface area contributed by atoms with Crippen LogP contribution in [0.4, 0.5) is 0 Å². The molecule has 1 heterocycles. The Balaban J connectivity index is 2.16. The van der Waals surface area contributed by atoms with Crippen LogP contribution in [0.2, 0.25) is 5.02 Å². The zero-order chi connectivity index (χ0) is 15.2. The summed E-state index contributed by atoms with van der Waals surface area (Å²) in [6, 6.07) is 9.63. The molecule has 0 radical (unpaired) electrons. The molecule has 2 aromatic rings. The molecule has 1 atom stereocenters. The smallest absolute Gasteiger partial charge is 0.0992 e. The first-order chi connectivity index (χ1) is 9.91. The maximum absolute atomic E-state index is 9.09. The van der Waals surface area contributed by atoms with Crippen molar-refractivity contribution in [2.75, 3.05) is 0 Å². The van der Waals surface area contributed by atoms with E-state index < -0.39 is 0 Å². The van der Waals surface area contributed by atoms with Crippen molar-refractivity contribution in [3.8, 4) is 11.8 Å². The normalized spacial score (nSPS) is 19.9. The predicted octanol–water partition coefficient (Wildman–Crippen LogP) is 3.97. The number of rotatable bonds is 1. The molecule has 1 aliphatic carbocycles. The van der Waals surface area contributed by atoms with Crippen LogP contribution >= 0.6 is 11.6 Å². The average molecular weight is 300 g/mol. The number of nitriles is 1. The van der Waals surface area contributed by atoms with Gasteiger partial charge in [-0.2, -0.15) is 5.26 Å². The Morgan fingerprint density at radius 1 is 1.38 bits per heavy atom. The van der Waals surface area contributed by atoms with E-state index in [0.717, 1.165) is 18.5 Å². The highest BCUT2D eigenvalue weighted by Crippen LogP contribution is 2.41. The van der Waals surface area contributed by atoms with E-state index in [4.69, 9.17) is 22.6 Å². The van der Waals surface area contributed by atoms with Gasteiger partial charge in [-0.1, -0.05) is 25.4 Å². The van der Waals surface area contributed by atoms with Crippen molar-refractivity contribution in [1.29, 1.82) is 5.26 Å². The fourth-order valence-electron chi connectivity index (χ4n) is 3.23. The monoisotopic (exact) mass is 299 g/mol. The van der Waals surface area contributed by atoms with Crippen molar-refractivity contribution in [2.24, 2.45) is 11.1 Å². The number of hydrogen-bond acceptors (Lipinski definition) is 2. The van der Waals surface area contributed by atoms with Gasteiger partial charge in [0.05, 0.1) is 22.3 Å². The molecule has 0 saturated heterocycles. The number of hydrogen-bond donors (Lipinski definition) is 1. The minimum atomic E-state index is 0.0583. The summed E-state index contributed by atoms with van der Waals surface area (Å²) in [6.45, 7) is 4.47. The van der Waals surface area contributed by atoms with E-state index in [0.29, 0.717) is 10.6 Å². The molecular weight excluding hydrogens is 282 g/mol. The SMILES string of the molecule is CC1(C)Cc2c(ccn2-c2cc(C#N)ccc2Cl)C(N)C1. The molecule has 3 rings (SSSR count). The summed E-state index contributed by atoms with van der Waals surface area (Å²) in [7, 11) is 0. The molecule has 0 bridgehead atoms. The molecule has 3 nitrogen and oxygen atoms in total. The third-order valence-electron chi connectivity index (χ3n) is 4.18. The minimum Gasteiger partial charge on any atom is -0.324 e. The van der Waals surface area contributed by atoms with Crippen molar-refractivity contribution in [3.05, 3.63) is 52.3 Å². The Morgan fingerprint density at radius 3 is 2.86 bits per heavy atom. The first-order valence-electron chi connectivity index (χ1n) is 7.07. The van der Waals surface area contributed by atoms with Gasteiger partial charge >= 0.3 is 0 Å². The highest BCUT2D eigenvalue weighted by molar-refractivity contribution is 6.32. The molecule has 0 fully saturated rings. The standard InChI is InChI=1S/C17H18ClN3/c1-17(2)8-14(20)12-5-6-21(16(12)9-17)15-7-11(10-19)3-4-13(15)18/h3-7,14H,8-9,20H2,1-2H3. The van der Waals surface area contributed by atoms with Gasteiger partial charge in [0, 0.05) is 17.9 Å². The van der Waals surface area contributed by atoms with Gasteiger partial charge in [-0.3, -0.25) is 0 Å². The molecule has 4 heteroatoms. The van der Waals surface area contributed by atoms with Gasteiger partial charge in [-0.05, 0) is 48.1 Å². The lowest BCUT2D eigenvalue weighted by Crippen LogP contribution is -2.30. The van der Waals surface area contributed by atoms with Crippen LogP contribution < -0.4 is 5.73 Å². The molecule has 0 aliphatic heterocycles. The van der Waals surface area contributed by atoms with Crippen LogP contribution in [0.1, 0.15) is 43.1 Å². The Hall–Kier alpha value is -1.76. The van der Waals surface area contributed by atoms with E-state index in [9.17, 15) is 0 Å². The first kappa shape index (κ1) is 14.2. The Bertz CT molecular complexity index is 737. The van der Waals surface area contributed by atoms with Gasteiger partial charge in [0.15, 0.2) is 0 Å². The average Bonchev–Trinajstić information content (AvgIpc) is 2.81. The molecule has 0 spiro atoms.